The first-order chi connectivity index (χ1) is 4.31. The van der Waals surface area contributed by atoms with E-state index in [1.54, 1.807) is 0 Å². The molecule has 0 atom stereocenters. The first-order valence-corrected chi connectivity index (χ1v) is 3.52. The summed E-state index contributed by atoms with van der Waals surface area (Å²) in [4.78, 5) is 10.6. The second-order valence-corrected chi connectivity index (χ2v) is 2.06. The van der Waals surface area contributed by atoms with E-state index >= 15 is 0 Å². The quantitative estimate of drug-likeness (QED) is 0.465. The molecule has 3 nitrogen and oxygen atoms in total. The molecule has 1 amide bonds. The van der Waals surface area contributed by atoms with Crippen LogP contribution in [0.2, 0.25) is 0 Å². The molecule has 3 N–H and O–H groups in total. The van der Waals surface area contributed by atoms with Crippen LogP contribution in [0.25, 0.3) is 0 Å². The molecule has 0 bridgehead atoms. The van der Waals surface area contributed by atoms with Crippen LogP contribution < -0.4 is 11.1 Å². The van der Waals surface area contributed by atoms with Gasteiger partial charge in [0.15, 0.2) is 0 Å². The highest BCUT2D eigenvalue weighted by Crippen LogP contribution is 1.81. The monoisotopic (exact) mass is 148 g/mol. The zero-order valence-corrected chi connectivity index (χ0v) is 6.16. The van der Waals surface area contributed by atoms with Crippen molar-refractivity contribution >= 4 is 18.5 Å². The number of carbonyl (C=O) groups excluding carboxylic acids is 1. The van der Waals surface area contributed by atoms with Crippen molar-refractivity contribution < 1.29 is 4.79 Å². The predicted molar refractivity (Wildman–Crippen MR) is 40.5 cm³/mol. The molecule has 0 saturated carbocycles. The molecule has 9 heavy (non-hydrogen) atoms. The average molecular weight is 148 g/mol. The fourth-order valence-corrected chi connectivity index (χ4v) is 0.605. The summed E-state index contributed by atoms with van der Waals surface area (Å²) in [6.45, 7) is 1.06. The van der Waals surface area contributed by atoms with E-state index in [0.29, 0.717) is 25.3 Å². The normalized spacial score (nSPS) is 9.11. The van der Waals surface area contributed by atoms with Crippen molar-refractivity contribution in [3.05, 3.63) is 0 Å². The van der Waals surface area contributed by atoms with Gasteiger partial charge in [0.1, 0.15) is 0 Å². The first-order valence-electron chi connectivity index (χ1n) is 2.89. The average Bonchev–Trinajstić information content (AvgIpc) is 1.85. The van der Waals surface area contributed by atoms with Crippen molar-refractivity contribution in [3.8, 4) is 0 Å². The lowest BCUT2D eigenvalue weighted by Crippen LogP contribution is -2.28. The number of carbonyl (C=O) groups is 1. The number of thiol groups is 1. The van der Waals surface area contributed by atoms with E-state index in [9.17, 15) is 4.79 Å². The van der Waals surface area contributed by atoms with Gasteiger partial charge in [0.2, 0.25) is 5.91 Å². The van der Waals surface area contributed by atoms with Gasteiger partial charge in [-0.2, -0.15) is 12.6 Å². The van der Waals surface area contributed by atoms with Gasteiger partial charge in [0, 0.05) is 19.5 Å². The number of nitrogens with one attached hydrogen (secondary N) is 1. The van der Waals surface area contributed by atoms with E-state index in [-0.39, 0.29) is 5.91 Å². The van der Waals surface area contributed by atoms with E-state index < -0.39 is 0 Å². The molecule has 54 valence electrons. The molecule has 0 aliphatic heterocycles. The molecule has 0 fully saturated rings. The molecule has 0 unspecified atom stereocenters. The van der Waals surface area contributed by atoms with Gasteiger partial charge in [-0.3, -0.25) is 4.79 Å². The molecule has 0 saturated heterocycles. The standard InChI is InChI=1S/C5H12N2OS/c6-2-3-7-5(8)1-4-9/h9H,1-4,6H2,(H,7,8). The molecule has 0 spiro atoms. The van der Waals surface area contributed by atoms with Crippen molar-refractivity contribution in [2.75, 3.05) is 18.8 Å². The zero-order chi connectivity index (χ0) is 7.11. The molecule has 4 heteroatoms. The molecule has 0 radical (unpaired) electrons. The molecule has 0 rings (SSSR count). The highest BCUT2D eigenvalue weighted by Gasteiger charge is 1.94. The summed E-state index contributed by atoms with van der Waals surface area (Å²) in [5, 5.41) is 2.62. The van der Waals surface area contributed by atoms with Crippen LogP contribution >= 0.6 is 12.6 Å². The van der Waals surface area contributed by atoms with Gasteiger partial charge < -0.3 is 11.1 Å². The Hall–Kier alpha value is -0.220. The van der Waals surface area contributed by atoms with E-state index in [1.165, 1.54) is 0 Å². The number of nitrogens with two attached hydrogens (primary N) is 1. The molecular formula is C5H12N2OS. The molecule has 0 heterocycles. The van der Waals surface area contributed by atoms with Crippen molar-refractivity contribution in [2.24, 2.45) is 5.73 Å². The van der Waals surface area contributed by atoms with Gasteiger partial charge in [-0.05, 0) is 5.75 Å². The number of amides is 1. The van der Waals surface area contributed by atoms with Gasteiger partial charge in [-0.25, -0.2) is 0 Å². The predicted octanol–water partition coefficient (Wildman–Crippen LogP) is -0.619. The van der Waals surface area contributed by atoms with Gasteiger partial charge in [-0.15, -0.1) is 0 Å². The third kappa shape index (κ3) is 5.65. The Kier molecular flexibility index (Phi) is 5.76. The van der Waals surface area contributed by atoms with E-state index in [0.717, 1.165) is 0 Å². The van der Waals surface area contributed by atoms with Crippen LogP contribution in [0.3, 0.4) is 0 Å². The molecule has 0 aliphatic rings. The molecule has 0 aromatic rings. The van der Waals surface area contributed by atoms with Crippen LogP contribution in [0.4, 0.5) is 0 Å². The summed E-state index contributed by atoms with van der Waals surface area (Å²) in [7, 11) is 0. The van der Waals surface area contributed by atoms with Crippen molar-refractivity contribution in [1.29, 1.82) is 0 Å². The summed E-state index contributed by atoms with van der Waals surface area (Å²) in [5.41, 5.74) is 5.14. The fraction of sp³-hybridized carbons (Fsp3) is 0.800. The number of rotatable bonds is 4. The Balaban J connectivity index is 3.06. The Morgan fingerprint density at radius 1 is 1.67 bits per heavy atom. The minimum Gasteiger partial charge on any atom is -0.355 e. The van der Waals surface area contributed by atoms with Crippen LogP contribution in [0, 0.1) is 0 Å². The van der Waals surface area contributed by atoms with Crippen molar-refractivity contribution in [2.45, 2.75) is 6.42 Å². The minimum atomic E-state index is 0.0236. The fourth-order valence-electron chi connectivity index (χ4n) is 0.402. The van der Waals surface area contributed by atoms with E-state index in [2.05, 4.69) is 17.9 Å². The highest BCUT2D eigenvalue weighted by molar-refractivity contribution is 7.80. The Morgan fingerprint density at radius 3 is 2.78 bits per heavy atom. The van der Waals surface area contributed by atoms with Gasteiger partial charge in [-0.1, -0.05) is 0 Å². The summed E-state index contributed by atoms with van der Waals surface area (Å²) in [5.74, 6) is 0.617. The lowest BCUT2D eigenvalue weighted by atomic mass is 10.4. The summed E-state index contributed by atoms with van der Waals surface area (Å²) in [6, 6.07) is 0. The van der Waals surface area contributed by atoms with Gasteiger partial charge in [0.25, 0.3) is 0 Å². The lowest BCUT2D eigenvalue weighted by Gasteiger charge is -1.99. The Labute approximate surface area is 60.4 Å². The van der Waals surface area contributed by atoms with E-state index in [4.69, 9.17) is 5.73 Å². The minimum absolute atomic E-state index is 0.0236. The maximum Gasteiger partial charge on any atom is 0.220 e. The molecular weight excluding hydrogens is 136 g/mol. The van der Waals surface area contributed by atoms with Gasteiger partial charge in [0.05, 0.1) is 0 Å². The molecule has 0 aliphatic carbocycles. The number of hydrogen-bond donors (Lipinski definition) is 3. The Bertz CT molecular complexity index is 87.0. The maximum absolute atomic E-state index is 10.6. The third-order valence-corrected chi connectivity index (χ3v) is 1.03. The van der Waals surface area contributed by atoms with Crippen molar-refractivity contribution in [1.82, 2.24) is 5.32 Å². The second kappa shape index (κ2) is 5.91. The van der Waals surface area contributed by atoms with Crippen LogP contribution in [-0.4, -0.2) is 24.7 Å². The van der Waals surface area contributed by atoms with Crippen LogP contribution in [0.5, 0.6) is 0 Å². The SMILES string of the molecule is NCCNC(=O)CCS. The largest absolute Gasteiger partial charge is 0.355 e. The highest BCUT2D eigenvalue weighted by atomic mass is 32.1. The van der Waals surface area contributed by atoms with Crippen molar-refractivity contribution in [3.63, 3.8) is 0 Å². The topological polar surface area (TPSA) is 55.1 Å². The van der Waals surface area contributed by atoms with Crippen LogP contribution in [0.1, 0.15) is 6.42 Å². The maximum atomic E-state index is 10.6. The third-order valence-electron chi connectivity index (χ3n) is 0.805. The second-order valence-electron chi connectivity index (χ2n) is 1.61. The van der Waals surface area contributed by atoms with E-state index in [1.807, 2.05) is 0 Å². The molecule has 0 aromatic carbocycles. The van der Waals surface area contributed by atoms with Crippen LogP contribution in [-0.2, 0) is 4.79 Å². The summed E-state index contributed by atoms with van der Waals surface area (Å²) in [6.07, 6.45) is 0.475. The summed E-state index contributed by atoms with van der Waals surface area (Å²) < 4.78 is 0. The smallest absolute Gasteiger partial charge is 0.220 e. The van der Waals surface area contributed by atoms with Gasteiger partial charge >= 0.3 is 0 Å². The first kappa shape index (κ1) is 8.78. The number of hydrogen-bond acceptors (Lipinski definition) is 3. The molecule has 0 aromatic heterocycles. The summed E-state index contributed by atoms with van der Waals surface area (Å²) >= 11 is 3.89. The zero-order valence-electron chi connectivity index (χ0n) is 5.26. The van der Waals surface area contributed by atoms with Crippen LogP contribution in [0.15, 0.2) is 0 Å². The lowest BCUT2D eigenvalue weighted by molar-refractivity contribution is -0.120. The Morgan fingerprint density at radius 2 is 2.33 bits per heavy atom.